The van der Waals surface area contributed by atoms with Crippen molar-refractivity contribution in [3.63, 3.8) is 0 Å². The van der Waals surface area contributed by atoms with Gasteiger partial charge in [0.25, 0.3) is 11.8 Å². The van der Waals surface area contributed by atoms with Crippen LogP contribution in [0.3, 0.4) is 0 Å². The molecular weight excluding hydrogens is 346 g/mol. The van der Waals surface area contributed by atoms with E-state index in [4.69, 9.17) is 4.52 Å². The number of rotatable bonds is 4. The molecule has 1 amide bonds. The van der Waals surface area contributed by atoms with Crippen LogP contribution in [0.4, 0.5) is 5.69 Å². The first-order valence-corrected chi connectivity index (χ1v) is 8.94. The van der Waals surface area contributed by atoms with E-state index in [1.165, 1.54) is 11.3 Å². The minimum absolute atomic E-state index is 0.180. The van der Waals surface area contributed by atoms with Crippen molar-refractivity contribution >= 4 is 22.9 Å². The number of anilines is 1. The molecule has 0 fully saturated rings. The molecule has 1 N–H and O–H groups in total. The Morgan fingerprint density at radius 2 is 1.73 bits per heavy atom. The summed E-state index contributed by atoms with van der Waals surface area (Å²) in [6.45, 7) is 1.76. The fourth-order valence-electron chi connectivity index (χ4n) is 2.60. The minimum Gasteiger partial charge on any atom is -0.333 e. The average molecular weight is 361 g/mol. The Balaban J connectivity index is 1.53. The summed E-state index contributed by atoms with van der Waals surface area (Å²) in [5.74, 6) is 0.787. The molecule has 0 saturated heterocycles. The van der Waals surface area contributed by atoms with Crippen LogP contribution in [0.1, 0.15) is 16.2 Å². The molecule has 2 aromatic carbocycles. The van der Waals surface area contributed by atoms with Gasteiger partial charge in [-0.2, -0.15) is 4.98 Å². The third kappa shape index (κ3) is 3.27. The van der Waals surface area contributed by atoms with Crippen LogP contribution in [0.25, 0.3) is 21.9 Å². The predicted octanol–water partition coefficient (Wildman–Crippen LogP) is 5.03. The van der Waals surface area contributed by atoms with E-state index in [-0.39, 0.29) is 5.91 Å². The molecule has 4 aromatic rings. The zero-order valence-corrected chi connectivity index (χ0v) is 14.8. The molecule has 0 atom stereocenters. The zero-order chi connectivity index (χ0) is 17.9. The summed E-state index contributed by atoms with van der Waals surface area (Å²) in [6, 6.07) is 19.4. The second kappa shape index (κ2) is 6.93. The maximum Gasteiger partial charge on any atom is 0.270 e. The van der Waals surface area contributed by atoms with Crippen molar-refractivity contribution in [3.05, 3.63) is 77.4 Å². The molecule has 0 aliphatic rings. The summed E-state index contributed by atoms with van der Waals surface area (Å²) in [4.78, 5) is 17.5. The second-order valence-corrected chi connectivity index (χ2v) is 6.62. The maximum absolute atomic E-state index is 12.6. The Morgan fingerprint density at radius 1 is 1.00 bits per heavy atom. The molecule has 2 aromatic heterocycles. The van der Waals surface area contributed by atoms with Gasteiger partial charge in [-0.25, -0.2) is 0 Å². The van der Waals surface area contributed by atoms with Crippen molar-refractivity contribution in [3.8, 4) is 21.9 Å². The number of nitrogens with one attached hydrogen (secondary N) is 1. The van der Waals surface area contributed by atoms with Gasteiger partial charge in [-0.15, -0.1) is 11.3 Å². The molecule has 128 valence electrons. The lowest BCUT2D eigenvalue weighted by Crippen LogP contribution is -2.11. The van der Waals surface area contributed by atoms with Crippen molar-refractivity contribution < 1.29 is 9.32 Å². The van der Waals surface area contributed by atoms with Crippen LogP contribution in [0.2, 0.25) is 0 Å². The van der Waals surface area contributed by atoms with Crippen molar-refractivity contribution in [1.29, 1.82) is 0 Å². The van der Waals surface area contributed by atoms with Crippen molar-refractivity contribution in [2.45, 2.75) is 6.92 Å². The second-order valence-electron chi connectivity index (χ2n) is 5.71. The largest absolute Gasteiger partial charge is 0.333 e. The van der Waals surface area contributed by atoms with Gasteiger partial charge < -0.3 is 9.84 Å². The fraction of sp³-hybridized carbons (Fsp3) is 0.0500. The monoisotopic (exact) mass is 361 g/mol. The Hall–Kier alpha value is -3.25. The highest BCUT2D eigenvalue weighted by Crippen LogP contribution is 2.32. The molecule has 26 heavy (non-hydrogen) atoms. The number of carbonyl (C=O) groups is 1. The van der Waals surface area contributed by atoms with Crippen LogP contribution in [-0.4, -0.2) is 16.0 Å². The van der Waals surface area contributed by atoms with Gasteiger partial charge in [0, 0.05) is 5.56 Å². The van der Waals surface area contributed by atoms with Crippen LogP contribution in [0, 0.1) is 6.92 Å². The van der Waals surface area contributed by atoms with Crippen molar-refractivity contribution in [2.24, 2.45) is 0 Å². The maximum atomic E-state index is 12.6. The minimum atomic E-state index is -0.180. The molecule has 0 radical (unpaired) electrons. The molecule has 0 saturated carbocycles. The smallest absolute Gasteiger partial charge is 0.270 e. The first-order chi connectivity index (χ1) is 12.7. The highest BCUT2D eigenvalue weighted by Gasteiger charge is 2.16. The van der Waals surface area contributed by atoms with Crippen LogP contribution >= 0.6 is 11.3 Å². The van der Waals surface area contributed by atoms with Crippen LogP contribution < -0.4 is 5.32 Å². The van der Waals surface area contributed by atoms with Gasteiger partial charge in [0.05, 0.1) is 5.69 Å². The average Bonchev–Trinajstić information content (AvgIpc) is 3.31. The van der Waals surface area contributed by atoms with E-state index in [0.717, 1.165) is 16.0 Å². The van der Waals surface area contributed by atoms with E-state index in [9.17, 15) is 4.79 Å². The Labute approximate surface area is 154 Å². The number of nitrogens with zero attached hydrogens (tertiary/aromatic N) is 2. The third-order valence-electron chi connectivity index (χ3n) is 3.89. The molecule has 0 spiro atoms. The van der Waals surface area contributed by atoms with Gasteiger partial charge >= 0.3 is 0 Å². The molecule has 2 heterocycles. The van der Waals surface area contributed by atoms with E-state index >= 15 is 0 Å². The lowest BCUT2D eigenvalue weighted by atomic mass is 10.0. The zero-order valence-electron chi connectivity index (χ0n) is 14.0. The number of amides is 1. The number of hydrogen-bond donors (Lipinski definition) is 1. The van der Waals surface area contributed by atoms with Gasteiger partial charge in [-0.1, -0.05) is 47.6 Å². The summed E-state index contributed by atoms with van der Waals surface area (Å²) < 4.78 is 5.20. The number of thiophene rings is 1. The number of benzene rings is 2. The molecule has 6 heteroatoms. The third-order valence-corrected chi connectivity index (χ3v) is 4.79. The molecule has 0 aliphatic heterocycles. The van der Waals surface area contributed by atoms with Gasteiger partial charge in [0.2, 0.25) is 0 Å². The van der Waals surface area contributed by atoms with E-state index in [1.807, 2.05) is 66.0 Å². The summed E-state index contributed by atoms with van der Waals surface area (Å²) in [5, 5.41) is 8.59. The summed E-state index contributed by atoms with van der Waals surface area (Å²) >= 11 is 1.44. The molecule has 0 bridgehead atoms. The number of aromatic nitrogens is 2. The highest BCUT2D eigenvalue weighted by molar-refractivity contribution is 7.14. The summed E-state index contributed by atoms with van der Waals surface area (Å²) in [5.41, 5.74) is 3.44. The number of aryl methyl sites for hydroxylation is 1. The van der Waals surface area contributed by atoms with Gasteiger partial charge in [0.15, 0.2) is 5.82 Å². The Kier molecular flexibility index (Phi) is 4.33. The lowest BCUT2D eigenvalue weighted by Gasteiger charge is -2.06. The van der Waals surface area contributed by atoms with Gasteiger partial charge in [-0.3, -0.25) is 4.79 Å². The quantitative estimate of drug-likeness (QED) is 0.554. The topological polar surface area (TPSA) is 68.0 Å². The predicted molar refractivity (Wildman–Crippen MR) is 102 cm³/mol. The highest BCUT2D eigenvalue weighted by atomic mass is 32.1. The van der Waals surface area contributed by atoms with Gasteiger partial charge in [-0.05, 0) is 41.6 Å². The first kappa shape index (κ1) is 16.2. The summed E-state index contributed by atoms with van der Waals surface area (Å²) in [6.07, 6.45) is 0. The lowest BCUT2D eigenvalue weighted by molar-refractivity contribution is 0.102. The van der Waals surface area contributed by atoms with Gasteiger partial charge in [0.1, 0.15) is 4.88 Å². The number of hydrogen-bond acceptors (Lipinski definition) is 5. The van der Waals surface area contributed by atoms with E-state index in [1.54, 1.807) is 6.92 Å². The van der Waals surface area contributed by atoms with E-state index in [2.05, 4.69) is 15.5 Å². The molecule has 4 rings (SSSR count). The molecule has 0 aliphatic carbocycles. The Morgan fingerprint density at radius 3 is 2.42 bits per heavy atom. The normalized spacial score (nSPS) is 10.7. The molecule has 5 nitrogen and oxygen atoms in total. The van der Waals surface area contributed by atoms with Crippen LogP contribution in [0.5, 0.6) is 0 Å². The number of carbonyl (C=O) groups excluding carboxylic acids is 1. The van der Waals surface area contributed by atoms with Crippen molar-refractivity contribution in [1.82, 2.24) is 10.1 Å². The van der Waals surface area contributed by atoms with Crippen LogP contribution in [0.15, 0.2) is 70.6 Å². The van der Waals surface area contributed by atoms with E-state index < -0.39 is 0 Å². The summed E-state index contributed by atoms with van der Waals surface area (Å²) in [7, 11) is 0. The first-order valence-electron chi connectivity index (χ1n) is 8.06. The van der Waals surface area contributed by atoms with E-state index in [0.29, 0.717) is 23.0 Å². The Bertz CT molecular complexity index is 1040. The molecule has 0 unspecified atom stereocenters. The van der Waals surface area contributed by atoms with Crippen LogP contribution in [-0.2, 0) is 0 Å². The SMILES string of the molecule is Cc1noc(-c2sccc2NC(=O)c2ccc(-c3ccccc3)cc2)n1. The molecular formula is C20H15N3O2S. The standard InChI is InChI=1S/C20H15N3O2S/c1-13-21-20(25-23-13)18-17(11-12-26-18)22-19(24)16-9-7-15(8-10-16)14-5-3-2-4-6-14/h2-12H,1H3,(H,22,24). The fourth-order valence-corrected chi connectivity index (χ4v) is 3.37. The van der Waals surface area contributed by atoms with Crippen molar-refractivity contribution in [2.75, 3.05) is 5.32 Å².